The molecule has 0 aromatic rings. The van der Waals surface area contributed by atoms with E-state index in [1.165, 1.54) is 64.2 Å². The Hall–Kier alpha value is -3.18. The van der Waals surface area contributed by atoms with Crippen molar-refractivity contribution in [1.82, 2.24) is 0 Å². The van der Waals surface area contributed by atoms with Gasteiger partial charge in [-0.15, -0.1) is 0 Å². The zero-order valence-corrected chi connectivity index (χ0v) is 39.2. The second-order valence-corrected chi connectivity index (χ2v) is 15.9. The van der Waals surface area contributed by atoms with E-state index in [0.29, 0.717) is 19.4 Å². The topological polar surface area (TPSA) is 61.8 Å². The minimum absolute atomic E-state index is 0.0563. The van der Waals surface area contributed by atoms with Crippen LogP contribution in [0.1, 0.15) is 213 Å². The van der Waals surface area contributed by atoms with Gasteiger partial charge in [0.2, 0.25) is 0 Å². The van der Waals surface area contributed by atoms with Crippen LogP contribution in [0.2, 0.25) is 0 Å². The van der Waals surface area contributed by atoms with Crippen LogP contribution in [0.15, 0.2) is 97.2 Å². The van der Waals surface area contributed by atoms with Crippen molar-refractivity contribution in [1.29, 1.82) is 0 Å². The van der Waals surface area contributed by atoms with Crippen LogP contribution < -0.4 is 0 Å². The summed E-state index contributed by atoms with van der Waals surface area (Å²) in [5.41, 5.74) is 0. The molecule has 60 heavy (non-hydrogen) atoms. The molecule has 0 aromatic carbocycles. The maximum Gasteiger partial charge on any atom is 0.306 e. The zero-order chi connectivity index (χ0) is 43.5. The highest BCUT2D eigenvalue weighted by Gasteiger charge is 2.17. The van der Waals surface area contributed by atoms with Gasteiger partial charge >= 0.3 is 11.9 Å². The maximum absolute atomic E-state index is 12.8. The van der Waals surface area contributed by atoms with Gasteiger partial charge in [-0.25, -0.2) is 0 Å². The highest BCUT2D eigenvalue weighted by atomic mass is 16.6. The van der Waals surface area contributed by atoms with Crippen molar-refractivity contribution in [3.63, 3.8) is 0 Å². The number of esters is 2. The Bertz CT molecular complexity index is 1170. The molecular formula is C55H92O5. The Morgan fingerprint density at radius 3 is 1.22 bits per heavy atom. The van der Waals surface area contributed by atoms with Gasteiger partial charge in [-0.05, 0) is 109 Å². The van der Waals surface area contributed by atoms with E-state index in [-0.39, 0.29) is 25.2 Å². The lowest BCUT2D eigenvalue weighted by Crippen LogP contribution is -2.30. The largest absolute Gasteiger partial charge is 0.462 e. The van der Waals surface area contributed by atoms with Crippen LogP contribution in [0.4, 0.5) is 0 Å². The van der Waals surface area contributed by atoms with E-state index in [2.05, 4.69) is 118 Å². The summed E-state index contributed by atoms with van der Waals surface area (Å²) >= 11 is 0. The van der Waals surface area contributed by atoms with Gasteiger partial charge in [-0.2, -0.15) is 0 Å². The first-order chi connectivity index (χ1) is 29.6. The molecule has 0 aliphatic heterocycles. The molecule has 0 saturated carbocycles. The van der Waals surface area contributed by atoms with E-state index in [1.54, 1.807) is 0 Å². The molecule has 0 spiro atoms. The number of unbranched alkanes of at least 4 members (excludes halogenated alkanes) is 17. The third kappa shape index (κ3) is 47.5. The number of hydrogen-bond acceptors (Lipinski definition) is 5. The molecule has 0 aliphatic rings. The van der Waals surface area contributed by atoms with Crippen molar-refractivity contribution >= 4 is 11.9 Å². The van der Waals surface area contributed by atoms with Crippen molar-refractivity contribution < 1.29 is 23.8 Å². The van der Waals surface area contributed by atoms with E-state index in [9.17, 15) is 9.59 Å². The van der Waals surface area contributed by atoms with Crippen LogP contribution >= 0.6 is 0 Å². The molecule has 0 bridgehead atoms. The molecule has 1 unspecified atom stereocenters. The summed E-state index contributed by atoms with van der Waals surface area (Å²) in [7, 11) is 0. The second kappa shape index (κ2) is 50.2. The quantitative estimate of drug-likeness (QED) is 0.0348. The van der Waals surface area contributed by atoms with Gasteiger partial charge in [0, 0.05) is 19.4 Å². The van der Waals surface area contributed by atoms with Gasteiger partial charge in [0.1, 0.15) is 6.61 Å². The summed E-state index contributed by atoms with van der Waals surface area (Å²) in [4.78, 5) is 25.3. The van der Waals surface area contributed by atoms with Gasteiger partial charge in [0.05, 0.1) is 6.61 Å². The van der Waals surface area contributed by atoms with E-state index < -0.39 is 6.10 Å². The summed E-state index contributed by atoms with van der Waals surface area (Å²) in [6.07, 6.45) is 67.0. The van der Waals surface area contributed by atoms with Gasteiger partial charge in [0.25, 0.3) is 0 Å². The number of carbonyl (C=O) groups is 2. The Balaban J connectivity index is 4.33. The first-order valence-electron chi connectivity index (χ1n) is 24.8. The maximum atomic E-state index is 12.8. The molecule has 0 aromatic heterocycles. The Labute approximate surface area is 371 Å². The minimum atomic E-state index is -0.564. The molecule has 0 rings (SSSR count). The minimum Gasteiger partial charge on any atom is -0.462 e. The average Bonchev–Trinajstić information content (AvgIpc) is 3.25. The lowest BCUT2D eigenvalue weighted by Gasteiger charge is -2.18. The molecule has 0 aliphatic carbocycles. The summed E-state index contributed by atoms with van der Waals surface area (Å²) < 4.78 is 17.3. The van der Waals surface area contributed by atoms with E-state index in [1.807, 2.05) is 0 Å². The van der Waals surface area contributed by atoms with E-state index in [4.69, 9.17) is 14.2 Å². The fraction of sp³-hybridized carbons (Fsp3) is 0.673. The first-order valence-corrected chi connectivity index (χ1v) is 24.8. The van der Waals surface area contributed by atoms with Gasteiger partial charge < -0.3 is 14.2 Å². The molecule has 342 valence electrons. The van der Waals surface area contributed by atoms with Crippen molar-refractivity contribution in [3.8, 4) is 0 Å². The molecule has 0 N–H and O–H groups in total. The van der Waals surface area contributed by atoms with Crippen LogP contribution in [-0.4, -0.2) is 37.9 Å². The fourth-order valence-electron chi connectivity index (χ4n) is 6.46. The number of allylic oxidation sites excluding steroid dienone is 16. The number of carbonyl (C=O) groups excluding carboxylic acids is 2. The van der Waals surface area contributed by atoms with Crippen LogP contribution in [0.3, 0.4) is 0 Å². The molecule has 0 saturated heterocycles. The fourth-order valence-corrected chi connectivity index (χ4v) is 6.46. The van der Waals surface area contributed by atoms with Gasteiger partial charge in [-0.3, -0.25) is 9.59 Å². The summed E-state index contributed by atoms with van der Waals surface area (Å²) in [6, 6.07) is 0. The molecule has 0 fully saturated rings. The molecule has 0 heterocycles. The number of rotatable bonds is 44. The van der Waals surface area contributed by atoms with Crippen LogP contribution in [-0.2, 0) is 23.8 Å². The Morgan fingerprint density at radius 2 is 0.750 bits per heavy atom. The van der Waals surface area contributed by atoms with E-state index in [0.717, 1.165) is 116 Å². The summed E-state index contributed by atoms with van der Waals surface area (Å²) in [5.74, 6) is -0.457. The Kier molecular flexibility index (Phi) is 47.5. The predicted octanol–water partition coefficient (Wildman–Crippen LogP) is 16.7. The summed E-state index contributed by atoms with van der Waals surface area (Å²) in [6.45, 7) is 7.47. The molecule has 1 atom stereocenters. The molecule has 5 heteroatoms. The molecule has 5 nitrogen and oxygen atoms in total. The number of hydrogen-bond donors (Lipinski definition) is 0. The highest BCUT2D eigenvalue weighted by Crippen LogP contribution is 2.13. The van der Waals surface area contributed by atoms with Gasteiger partial charge in [-0.1, -0.05) is 189 Å². The normalized spacial score (nSPS) is 13.1. The molecule has 0 amide bonds. The van der Waals surface area contributed by atoms with Crippen LogP contribution in [0, 0.1) is 0 Å². The summed E-state index contributed by atoms with van der Waals surface area (Å²) in [5, 5.41) is 0. The SMILES string of the molecule is CC/C=C\C/C=C\C/C=C\CCCCCCCCCCOCC(COC(=O)CCCCC/C=C\C/C=C\C/C=C\CC)OC(=O)CCCCCCC/C=C\C/C=C\CCC. The lowest BCUT2D eigenvalue weighted by molar-refractivity contribution is -0.163. The standard InChI is InChI=1S/C55H92O5/c1-4-7-10-13-16-19-22-25-26-27-28-29-32-35-38-41-44-47-50-58-51-53(60-55(57)49-46-43-40-37-34-31-24-21-18-15-12-9-6-3)52-59-54(56)48-45-42-39-36-33-30-23-20-17-14-11-8-5-2/h7-8,10-12,15-17,19-21,24-26,30,33,53H,4-6,9,13-14,18,22-23,27-29,31-32,34-52H2,1-3H3/b10-7-,11-8-,15-12-,19-16-,20-17-,24-21-,26-25-,33-30-. The van der Waals surface area contributed by atoms with E-state index >= 15 is 0 Å². The monoisotopic (exact) mass is 833 g/mol. The molecular weight excluding hydrogens is 741 g/mol. The number of ether oxygens (including phenoxy) is 3. The first kappa shape index (κ1) is 56.8. The Morgan fingerprint density at radius 1 is 0.383 bits per heavy atom. The van der Waals surface area contributed by atoms with Crippen molar-refractivity contribution in [3.05, 3.63) is 97.2 Å². The second-order valence-electron chi connectivity index (χ2n) is 15.9. The highest BCUT2D eigenvalue weighted by molar-refractivity contribution is 5.70. The van der Waals surface area contributed by atoms with Crippen molar-refractivity contribution in [2.45, 2.75) is 219 Å². The van der Waals surface area contributed by atoms with Crippen LogP contribution in [0.5, 0.6) is 0 Å². The zero-order valence-electron chi connectivity index (χ0n) is 39.2. The molecule has 0 radical (unpaired) electrons. The lowest BCUT2D eigenvalue weighted by atomic mass is 10.1. The van der Waals surface area contributed by atoms with Gasteiger partial charge in [0.15, 0.2) is 6.10 Å². The van der Waals surface area contributed by atoms with Crippen LogP contribution in [0.25, 0.3) is 0 Å². The van der Waals surface area contributed by atoms with Crippen molar-refractivity contribution in [2.75, 3.05) is 19.8 Å². The predicted molar refractivity (Wildman–Crippen MR) is 260 cm³/mol. The third-order valence-corrected chi connectivity index (χ3v) is 10.1. The van der Waals surface area contributed by atoms with Crippen molar-refractivity contribution in [2.24, 2.45) is 0 Å². The smallest absolute Gasteiger partial charge is 0.306 e. The third-order valence-electron chi connectivity index (χ3n) is 10.1. The average molecular weight is 833 g/mol.